The van der Waals surface area contributed by atoms with Gasteiger partial charge < -0.3 is 5.32 Å². The average Bonchev–Trinajstić information content (AvgIpc) is 3.40. The molecular weight excluding hydrogens is 461 g/mol. The molecule has 0 saturated carbocycles. The van der Waals surface area contributed by atoms with Gasteiger partial charge in [0.15, 0.2) is 5.69 Å². The van der Waals surface area contributed by atoms with Gasteiger partial charge in [0, 0.05) is 6.54 Å². The lowest BCUT2D eigenvalue weighted by atomic mass is 10.2. The van der Waals surface area contributed by atoms with Gasteiger partial charge in [-0.25, -0.2) is 23.7 Å². The molecule has 2 heterocycles. The van der Waals surface area contributed by atoms with E-state index >= 15 is 0 Å². The summed E-state index contributed by atoms with van der Waals surface area (Å²) < 4.78 is 43.4. The quantitative estimate of drug-likeness (QED) is 0.420. The van der Waals surface area contributed by atoms with Gasteiger partial charge in [-0.2, -0.15) is 18.3 Å². The lowest BCUT2D eigenvalue weighted by molar-refractivity contribution is -0.137. The molecule has 0 aliphatic heterocycles. The molecule has 0 radical (unpaired) electrons. The third kappa shape index (κ3) is 4.21. The van der Waals surface area contributed by atoms with Crippen LogP contribution >= 0.6 is 0 Å². The fraction of sp³-hybridized carbons (Fsp3) is 0.167. The van der Waals surface area contributed by atoms with Gasteiger partial charge in [-0.1, -0.05) is 18.2 Å². The molecular formula is C24H19F3N6O2. The predicted octanol–water partition coefficient (Wildman–Crippen LogP) is 4.95. The van der Waals surface area contributed by atoms with Gasteiger partial charge in [0.25, 0.3) is 0 Å². The molecule has 0 aliphatic carbocycles. The molecule has 1 N–H and O–H groups in total. The van der Waals surface area contributed by atoms with Crippen molar-refractivity contribution in [3.8, 4) is 22.8 Å². The van der Waals surface area contributed by atoms with Crippen molar-refractivity contribution >= 4 is 11.7 Å². The van der Waals surface area contributed by atoms with Crippen LogP contribution in [0.4, 0.5) is 23.7 Å². The van der Waals surface area contributed by atoms with Gasteiger partial charge >= 0.3 is 17.9 Å². The highest BCUT2D eigenvalue weighted by Crippen LogP contribution is 2.32. The van der Waals surface area contributed by atoms with Gasteiger partial charge in [-0.15, -0.1) is 0 Å². The number of hydrogen-bond donors (Lipinski definition) is 1. The normalized spacial score (nSPS) is 11.3. The van der Waals surface area contributed by atoms with Crippen molar-refractivity contribution in [3.05, 3.63) is 94.0 Å². The van der Waals surface area contributed by atoms with Crippen LogP contribution in [0, 0.1) is 13.5 Å². The molecule has 0 unspecified atom stereocenters. The number of carbonyl (C=O) groups is 1. The molecule has 11 heteroatoms. The molecule has 0 bridgehead atoms. The highest BCUT2D eigenvalue weighted by atomic mass is 19.4. The van der Waals surface area contributed by atoms with E-state index in [4.69, 9.17) is 6.57 Å². The maximum atomic E-state index is 13.4. The molecule has 178 valence electrons. The summed E-state index contributed by atoms with van der Waals surface area (Å²) in [5, 5.41) is 6.87. The molecule has 4 aromatic rings. The molecule has 2 aromatic carbocycles. The molecule has 0 atom stereocenters. The SMILES string of the molecule is [C-]#[N+]c1ccc(-n2nccc2-c2c(C)n(-c3cccc(C(F)(F)F)c3)c(=O)n2C(=O)NCC)cc1. The Balaban J connectivity index is 1.98. The molecule has 35 heavy (non-hydrogen) atoms. The third-order valence-corrected chi connectivity index (χ3v) is 5.36. The number of imidazole rings is 1. The Kier molecular flexibility index (Phi) is 6.05. The molecule has 0 spiro atoms. The zero-order valence-corrected chi connectivity index (χ0v) is 18.7. The Morgan fingerprint density at radius 2 is 1.83 bits per heavy atom. The van der Waals surface area contributed by atoms with Crippen LogP contribution in [0.5, 0.6) is 0 Å². The van der Waals surface area contributed by atoms with Gasteiger partial charge in [0.05, 0.1) is 41.1 Å². The van der Waals surface area contributed by atoms with E-state index in [2.05, 4.69) is 15.3 Å². The number of halogens is 3. The fourth-order valence-electron chi connectivity index (χ4n) is 3.81. The fourth-order valence-corrected chi connectivity index (χ4v) is 3.81. The van der Waals surface area contributed by atoms with Crippen molar-refractivity contribution in [2.75, 3.05) is 6.54 Å². The van der Waals surface area contributed by atoms with Gasteiger partial charge in [0.1, 0.15) is 5.69 Å². The van der Waals surface area contributed by atoms with Crippen molar-refractivity contribution in [3.63, 3.8) is 0 Å². The first-order chi connectivity index (χ1) is 16.7. The molecule has 0 fully saturated rings. The minimum absolute atomic E-state index is 0.0286. The number of carbonyl (C=O) groups excluding carboxylic acids is 1. The maximum absolute atomic E-state index is 13.4. The summed E-state index contributed by atoms with van der Waals surface area (Å²) in [7, 11) is 0. The summed E-state index contributed by atoms with van der Waals surface area (Å²) in [6, 6.07) is 11.8. The number of amides is 1. The molecule has 1 amide bonds. The summed E-state index contributed by atoms with van der Waals surface area (Å²) in [5.41, 5.74) is 0.0148. The van der Waals surface area contributed by atoms with Crippen LogP contribution in [-0.2, 0) is 6.18 Å². The Hall–Kier alpha value is -4.59. The Labute approximate surface area is 197 Å². The zero-order chi connectivity index (χ0) is 25.3. The summed E-state index contributed by atoms with van der Waals surface area (Å²) in [4.78, 5) is 29.7. The van der Waals surface area contributed by atoms with Gasteiger partial charge in [-0.3, -0.25) is 4.57 Å². The minimum atomic E-state index is -4.60. The average molecular weight is 480 g/mol. The van der Waals surface area contributed by atoms with E-state index in [1.54, 1.807) is 44.2 Å². The van der Waals surface area contributed by atoms with Crippen LogP contribution in [0.15, 0.2) is 65.6 Å². The Bertz CT molecular complexity index is 1500. The highest BCUT2D eigenvalue weighted by molar-refractivity contribution is 5.83. The smallest absolute Gasteiger partial charge is 0.338 e. The van der Waals surface area contributed by atoms with E-state index in [-0.39, 0.29) is 23.6 Å². The first-order valence-electron chi connectivity index (χ1n) is 10.5. The van der Waals surface area contributed by atoms with E-state index in [1.807, 2.05) is 0 Å². The molecule has 0 aliphatic rings. The second-order valence-electron chi connectivity index (χ2n) is 7.53. The Morgan fingerprint density at radius 1 is 1.11 bits per heavy atom. The van der Waals surface area contributed by atoms with E-state index in [9.17, 15) is 22.8 Å². The lowest BCUT2D eigenvalue weighted by Crippen LogP contribution is -2.37. The lowest BCUT2D eigenvalue weighted by Gasteiger charge is -2.11. The van der Waals surface area contributed by atoms with Crippen LogP contribution in [0.2, 0.25) is 0 Å². The number of alkyl halides is 3. The number of rotatable bonds is 4. The monoisotopic (exact) mass is 480 g/mol. The van der Waals surface area contributed by atoms with E-state index in [0.717, 1.165) is 21.3 Å². The van der Waals surface area contributed by atoms with E-state index in [0.29, 0.717) is 17.1 Å². The number of aromatic nitrogens is 4. The van der Waals surface area contributed by atoms with Crippen LogP contribution in [0.3, 0.4) is 0 Å². The first kappa shape index (κ1) is 23.6. The van der Waals surface area contributed by atoms with Crippen molar-refractivity contribution in [1.82, 2.24) is 24.2 Å². The van der Waals surface area contributed by atoms with Gasteiger partial charge in [0.2, 0.25) is 0 Å². The van der Waals surface area contributed by atoms with Crippen molar-refractivity contribution in [1.29, 1.82) is 0 Å². The molecule has 0 saturated heterocycles. The second-order valence-corrected chi connectivity index (χ2v) is 7.53. The van der Waals surface area contributed by atoms with Crippen LogP contribution in [0.25, 0.3) is 27.6 Å². The van der Waals surface area contributed by atoms with E-state index < -0.39 is 23.5 Å². The second kappa shape index (κ2) is 8.98. The highest BCUT2D eigenvalue weighted by Gasteiger charge is 2.32. The summed E-state index contributed by atoms with van der Waals surface area (Å²) >= 11 is 0. The maximum Gasteiger partial charge on any atom is 0.416 e. The predicted molar refractivity (Wildman–Crippen MR) is 123 cm³/mol. The van der Waals surface area contributed by atoms with Crippen molar-refractivity contribution < 1.29 is 18.0 Å². The van der Waals surface area contributed by atoms with Crippen LogP contribution < -0.4 is 11.0 Å². The molecule has 4 rings (SSSR count). The number of benzene rings is 2. The van der Waals surface area contributed by atoms with Crippen molar-refractivity contribution in [2.24, 2.45) is 0 Å². The number of hydrogen-bond acceptors (Lipinski definition) is 3. The minimum Gasteiger partial charge on any atom is -0.338 e. The standard InChI is InChI=1S/C24H19F3N6O2/c1-4-29-22(34)32-21(20-12-13-30-33(20)18-10-8-17(28-3)9-11-18)15(2)31(23(32)35)19-7-5-6-16(14-19)24(25,26)27/h5-14H,4H2,1-2H3,(H,29,34). The molecule has 8 nitrogen and oxygen atoms in total. The summed E-state index contributed by atoms with van der Waals surface area (Å²) in [5.74, 6) is 0. The number of nitrogens with one attached hydrogen (secondary N) is 1. The van der Waals surface area contributed by atoms with Gasteiger partial charge in [-0.05, 0) is 50.2 Å². The Morgan fingerprint density at radius 3 is 2.46 bits per heavy atom. The topological polar surface area (TPSA) is 78.2 Å². The molecule has 2 aromatic heterocycles. The largest absolute Gasteiger partial charge is 0.416 e. The summed E-state index contributed by atoms with van der Waals surface area (Å²) in [6.45, 7) is 10.6. The van der Waals surface area contributed by atoms with E-state index in [1.165, 1.54) is 23.0 Å². The third-order valence-electron chi connectivity index (χ3n) is 5.36. The first-order valence-corrected chi connectivity index (χ1v) is 10.5. The number of nitrogens with zero attached hydrogens (tertiary/aromatic N) is 5. The van der Waals surface area contributed by atoms with Crippen molar-refractivity contribution in [2.45, 2.75) is 20.0 Å². The zero-order valence-electron chi connectivity index (χ0n) is 18.7. The van der Waals surface area contributed by atoms with Crippen LogP contribution in [0.1, 0.15) is 18.2 Å². The van der Waals surface area contributed by atoms with Crippen LogP contribution in [-0.4, -0.2) is 31.5 Å². The summed E-state index contributed by atoms with van der Waals surface area (Å²) in [6.07, 6.45) is -3.12.